The molecular weight excluding hydrogens is 669 g/mol. The second-order valence-electron chi connectivity index (χ2n) is 11.3. The number of hydrogen-bond acceptors (Lipinski definition) is 8. The molecule has 12 heteroatoms. The molecule has 2 N–H and O–H groups in total. The van der Waals surface area contributed by atoms with Gasteiger partial charge in [0.1, 0.15) is 5.82 Å². The number of pyridine rings is 2. The van der Waals surface area contributed by atoms with Gasteiger partial charge in [-0.1, -0.05) is 53.7 Å². The predicted octanol–water partition coefficient (Wildman–Crippen LogP) is 7.59. The molecule has 2 unspecified atom stereocenters. The van der Waals surface area contributed by atoms with Gasteiger partial charge in [-0.25, -0.2) is 14.6 Å². The molecule has 0 saturated heterocycles. The maximum Gasteiger partial charge on any atom is 0.328 e. The molecule has 0 fully saturated rings. The topological polar surface area (TPSA) is 110 Å². The molecule has 2 aromatic carbocycles. The first-order chi connectivity index (χ1) is 22.5. The van der Waals surface area contributed by atoms with Crippen molar-refractivity contribution in [3.63, 3.8) is 0 Å². The number of hydrogen-bond donors (Lipinski definition) is 2. The number of nitrogens with zero attached hydrogens (tertiary/aromatic N) is 5. The Morgan fingerprint density at radius 2 is 1.46 bits per heavy atom. The number of carboxylic acids is 2. The van der Waals surface area contributed by atoms with Gasteiger partial charge in [-0.3, -0.25) is 4.98 Å². The number of anilines is 2. The fourth-order valence-electron chi connectivity index (χ4n) is 4.57. The Morgan fingerprint density at radius 3 is 2.04 bits per heavy atom. The van der Waals surface area contributed by atoms with Crippen LogP contribution in [0.25, 0.3) is 0 Å². The standard InChI is InChI=1S/C16H19ClN2.C16H19N3S.C4H4O4.ClH/c1-19(2)12-10-15(16-5-3-4-11-18-16)13-6-8-14(17)9-7-13;1-12(18(2)3)11-19-13-7-4-5-8-14(13)20-15-9-6-10-17-16(15)19;5-3(6)1-2-4(7)8;/h3-9,11,15H,10,12H2,1-2H3;4-10,12H,11H2,1-3H3;1-2H,(H,5,6)(H,7,8);1H/b;;2-1-;. The maximum absolute atomic E-state index is 9.55. The first kappa shape index (κ1) is 40.2. The summed E-state index contributed by atoms with van der Waals surface area (Å²) in [5.74, 6) is -1.12. The Bertz CT molecular complexity index is 1550. The van der Waals surface area contributed by atoms with E-state index in [4.69, 9.17) is 21.8 Å². The van der Waals surface area contributed by atoms with Gasteiger partial charge in [0.05, 0.1) is 10.6 Å². The first-order valence-electron chi connectivity index (χ1n) is 15.1. The van der Waals surface area contributed by atoms with Crippen LogP contribution in [0.4, 0.5) is 11.5 Å². The van der Waals surface area contributed by atoms with Crippen molar-refractivity contribution in [2.24, 2.45) is 0 Å². The number of benzene rings is 2. The summed E-state index contributed by atoms with van der Waals surface area (Å²) in [6, 6.07) is 27.3. The Labute approximate surface area is 298 Å². The van der Waals surface area contributed by atoms with E-state index in [1.807, 2.05) is 42.7 Å². The summed E-state index contributed by atoms with van der Waals surface area (Å²) in [5.41, 5.74) is 3.65. The molecular formula is C36H43Cl2N5O4S. The van der Waals surface area contributed by atoms with E-state index in [0.717, 1.165) is 36.0 Å². The van der Waals surface area contributed by atoms with Gasteiger partial charge >= 0.3 is 11.9 Å². The van der Waals surface area contributed by atoms with Crippen molar-refractivity contribution >= 4 is 59.2 Å². The quantitative estimate of drug-likeness (QED) is 0.160. The molecule has 5 rings (SSSR count). The van der Waals surface area contributed by atoms with E-state index in [1.165, 1.54) is 21.0 Å². The number of aliphatic carboxylic acids is 2. The van der Waals surface area contributed by atoms with Gasteiger partial charge in [-0.15, -0.1) is 12.4 Å². The number of halogens is 2. The molecule has 4 aromatic rings. The number of carbonyl (C=O) groups is 2. The molecule has 3 heterocycles. The largest absolute Gasteiger partial charge is 0.478 e. The minimum atomic E-state index is -1.26. The third-order valence-electron chi connectivity index (χ3n) is 7.26. The summed E-state index contributed by atoms with van der Waals surface area (Å²) in [4.78, 5) is 37.5. The number of carboxylic acid groups (broad SMARTS) is 2. The summed E-state index contributed by atoms with van der Waals surface area (Å²) in [7, 11) is 8.43. The molecule has 0 amide bonds. The van der Waals surface area contributed by atoms with Crippen LogP contribution in [0.1, 0.15) is 30.5 Å². The van der Waals surface area contributed by atoms with Crippen molar-refractivity contribution in [3.8, 4) is 0 Å². The molecule has 1 aliphatic heterocycles. The molecule has 48 heavy (non-hydrogen) atoms. The highest BCUT2D eigenvalue weighted by Gasteiger charge is 2.25. The zero-order valence-electron chi connectivity index (χ0n) is 27.7. The summed E-state index contributed by atoms with van der Waals surface area (Å²) in [5, 5.41) is 16.4. The Kier molecular flexibility index (Phi) is 17.1. The minimum absolute atomic E-state index is 0. The average molecular weight is 713 g/mol. The van der Waals surface area contributed by atoms with Crippen LogP contribution in [0.3, 0.4) is 0 Å². The van der Waals surface area contributed by atoms with Crippen LogP contribution in [0.15, 0.2) is 113 Å². The molecule has 0 radical (unpaired) electrons. The Hall–Kier alpha value is -3.93. The van der Waals surface area contributed by atoms with Crippen molar-refractivity contribution in [1.82, 2.24) is 19.8 Å². The molecule has 0 aliphatic carbocycles. The third kappa shape index (κ3) is 12.9. The first-order valence-corrected chi connectivity index (χ1v) is 16.3. The van der Waals surface area contributed by atoms with Gasteiger partial charge in [-0.2, -0.15) is 0 Å². The van der Waals surface area contributed by atoms with E-state index in [-0.39, 0.29) is 12.4 Å². The average Bonchev–Trinajstić information content (AvgIpc) is 3.05. The lowest BCUT2D eigenvalue weighted by molar-refractivity contribution is -0.134. The third-order valence-corrected chi connectivity index (χ3v) is 8.62. The van der Waals surface area contributed by atoms with Crippen LogP contribution in [-0.2, 0) is 9.59 Å². The fraction of sp³-hybridized carbons (Fsp3) is 0.278. The van der Waals surface area contributed by atoms with E-state index in [9.17, 15) is 9.59 Å². The van der Waals surface area contributed by atoms with E-state index in [0.29, 0.717) is 24.1 Å². The number of aromatic nitrogens is 2. The van der Waals surface area contributed by atoms with Gasteiger partial charge in [0.2, 0.25) is 0 Å². The van der Waals surface area contributed by atoms with E-state index >= 15 is 0 Å². The second kappa shape index (κ2) is 20.4. The Morgan fingerprint density at radius 1 is 0.854 bits per heavy atom. The van der Waals surface area contributed by atoms with E-state index in [1.54, 1.807) is 11.8 Å². The summed E-state index contributed by atoms with van der Waals surface area (Å²) < 4.78 is 0. The van der Waals surface area contributed by atoms with Crippen molar-refractivity contribution in [3.05, 3.63) is 120 Å². The Balaban J connectivity index is 0.000000270. The van der Waals surface area contributed by atoms with Gasteiger partial charge in [0.25, 0.3) is 0 Å². The number of likely N-dealkylation sites (N-methyl/N-ethyl adjacent to an activating group) is 1. The van der Waals surface area contributed by atoms with Crippen LogP contribution in [0.5, 0.6) is 0 Å². The normalized spacial score (nSPS) is 12.8. The van der Waals surface area contributed by atoms with Crippen LogP contribution >= 0.6 is 35.8 Å². The maximum atomic E-state index is 9.55. The SMILES string of the molecule is CC(CN1c2ccccc2Sc2cccnc21)N(C)C.CN(C)CCC(c1ccc(Cl)cc1)c1ccccn1.Cl.O=C(O)/C=C\C(=O)O. The number of fused-ring (bicyclic) bond motifs is 2. The van der Waals surface area contributed by atoms with Gasteiger partial charge in [0.15, 0.2) is 0 Å². The van der Waals surface area contributed by atoms with Crippen molar-refractivity contribution in [2.45, 2.75) is 35.1 Å². The molecule has 9 nitrogen and oxygen atoms in total. The van der Waals surface area contributed by atoms with E-state index in [2.05, 4.69) is 108 Å². The lowest BCUT2D eigenvalue weighted by Gasteiger charge is -2.34. The molecule has 2 aromatic heterocycles. The molecule has 2 atom stereocenters. The monoisotopic (exact) mass is 711 g/mol. The summed E-state index contributed by atoms with van der Waals surface area (Å²) >= 11 is 7.77. The molecule has 0 spiro atoms. The summed E-state index contributed by atoms with van der Waals surface area (Å²) in [6.45, 7) is 4.21. The zero-order chi connectivity index (χ0) is 34.3. The van der Waals surface area contributed by atoms with Gasteiger partial charge in [0, 0.05) is 58.7 Å². The lowest BCUT2D eigenvalue weighted by atomic mass is 9.92. The van der Waals surface area contributed by atoms with Crippen LogP contribution < -0.4 is 4.90 Å². The van der Waals surface area contributed by atoms with Gasteiger partial charge in [-0.05, 0) is 102 Å². The molecule has 0 saturated carbocycles. The predicted molar refractivity (Wildman–Crippen MR) is 197 cm³/mol. The fourth-order valence-corrected chi connectivity index (χ4v) is 5.76. The van der Waals surface area contributed by atoms with Crippen molar-refractivity contribution in [1.29, 1.82) is 0 Å². The van der Waals surface area contributed by atoms with Crippen LogP contribution in [0.2, 0.25) is 5.02 Å². The van der Waals surface area contributed by atoms with Crippen molar-refractivity contribution < 1.29 is 19.8 Å². The van der Waals surface area contributed by atoms with Crippen molar-refractivity contribution in [2.75, 3.05) is 46.2 Å². The van der Waals surface area contributed by atoms with E-state index < -0.39 is 11.9 Å². The minimum Gasteiger partial charge on any atom is -0.478 e. The zero-order valence-corrected chi connectivity index (χ0v) is 30.1. The van der Waals surface area contributed by atoms with Crippen LogP contribution in [-0.4, -0.2) is 89.2 Å². The molecule has 1 aliphatic rings. The van der Waals surface area contributed by atoms with Gasteiger partial charge < -0.3 is 24.9 Å². The molecule has 0 bridgehead atoms. The van der Waals surface area contributed by atoms with Crippen LogP contribution in [0, 0.1) is 0 Å². The number of para-hydroxylation sites is 1. The lowest BCUT2D eigenvalue weighted by Crippen LogP contribution is -2.37. The number of rotatable bonds is 10. The highest BCUT2D eigenvalue weighted by molar-refractivity contribution is 7.99. The smallest absolute Gasteiger partial charge is 0.328 e. The summed E-state index contributed by atoms with van der Waals surface area (Å²) in [6.07, 6.45) is 5.89. The highest BCUT2D eigenvalue weighted by atomic mass is 35.5. The second-order valence-corrected chi connectivity index (χ2v) is 12.8. The molecule has 256 valence electrons. The highest BCUT2D eigenvalue weighted by Crippen LogP contribution is 2.46.